The minimum absolute atomic E-state index is 0.403. The second-order valence-electron chi connectivity index (χ2n) is 11.6. The lowest BCUT2D eigenvalue weighted by Gasteiger charge is -2.22. The van der Waals surface area contributed by atoms with Crippen LogP contribution in [-0.2, 0) is 4.52 Å². The van der Waals surface area contributed by atoms with Gasteiger partial charge in [-0.15, -0.1) is 0 Å². The smallest absolute Gasteiger partial charge is 0.409 e. The highest BCUT2D eigenvalue weighted by Crippen LogP contribution is 2.53. The number of fused-ring (bicyclic) bond motifs is 2. The third-order valence-corrected chi connectivity index (χ3v) is 11.2. The van der Waals surface area contributed by atoms with E-state index in [-0.39, 0.29) is 0 Å². The number of rotatable bonds is 16. The Hall–Kier alpha value is -5.71. The Labute approximate surface area is 322 Å². The quantitative estimate of drug-likeness (QED) is 0.0551. The molecule has 268 valence electrons. The Bertz CT molecular complexity index is 2330. The molecule has 0 amide bonds. The molecule has 0 spiro atoms. The van der Waals surface area contributed by atoms with Gasteiger partial charge < -0.3 is 27.1 Å². The van der Waals surface area contributed by atoms with E-state index in [9.17, 15) is 0 Å². The van der Waals surface area contributed by atoms with Crippen molar-refractivity contribution in [1.82, 2.24) is 0 Å². The van der Waals surface area contributed by atoms with Crippen LogP contribution in [0.1, 0.15) is 6.92 Å². The first kappa shape index (κ1) is 36.6. The predicted octanol–water partition coefficient (Wildman–Crippen LogP) is 14.3. The maximum Gasteiger partial charge on any atom is 0.530 e. The summed E-state index contributed by atoms with van der Waals surface area (Å²) < 4.78 is 38.7. The van der Waals surface area contributed by atoms with Crippen LogP contribution >= 0.6 is 29.0 Å². The Morgan fingerprint density at radius 1 is 0.481 bits per heavy atom. The van der Waals surface area contributed by atoms with Gasteiger partial charge in [-0.25, -0.2) is 0 Å². The van der Waals surface area contributed by atoms with Gasteiger partial charge in [-0.2, -0.15) is 0 Å². The lowest BCUT2D eigenvalue weighted by molar-refractivity contribution is 0.338. The first-order valence-corrected chi connectivity index (χ1v) is 20.2. The minimum atomic E-state index is -1.99. The molecule has 0 aliphatic heterocycles. The van der Waals surface area contributed by atoms with Gasteiger partial charge in [0.15, 0.2) is 0 Å². The van der Waals surface area contributed by atoms with Crippen molar-refractivity contribution < 1.29 is 27.1 Å². The zero-order valence-corrected chi connectivity index (χ0v) is 32.0. The molecule has 0 heterocycles. The molecule has 1 atom stereocenters. The fraction of sp³-hybridized carbons (Fsp3) is 0.0222. The van der Waals surface area contributed by atoms with Crippen LogP contribution in [0.5, 0.6) is 28.7 Å². The molecular formula is C45H36O6P2S. The van der Waals surface area contributed by atoms with Crippen LogP contribution in [0.25, 0.3) is 21.5 Å². The second kappa shape index (κ2) is 18.4. The van der Waals surface area contributed by atoms with Crippen LogP contribution < -0.4 is 22.6 Å². The molecule has 0 saturated carbocycles. The molecule has 0 aromatic heterocycles. The average Bonchev–Trinajstić information content (AvgIpc) is 3.20. The number of para-hydroxylation sites is 3. The topological polar surface area (TPSA) is 55.4 Å². The number of benzene rings is 7. The monoisotopic (exact) mass is 766 g/mol. The zero-order valence-electron chi connectivity index (χ0n) is 29.4. The number of allylic oxidation sites excluding steroid dienone is 4. The standard InChI is InChI=1S/C45H36O6P2S/c1-3-4-8-19-34(2)46-52(47-37-22-9-5-10-23-37)50-42-32-30-35-20-15-17-28-40(35)44(42)54-45-41-29-18-16-21-36(41)31-33-43(45)51-53(48-38-24-11-6-12-25-38)49-39-26-13-7-14-27-39/h3-33H,2H2,1H3/b4-3-,19-8-. The van der Waals surface area contributed by atoms with E-state index >= 15 is 0 Å². The van der Waals surface area contributed by atoms with Crippen LogP contribution in [0.4, 0.5) is 0 Å². The van der Waals surface area contributed by atoms with Gasteiger partial charge >= 0.3 is 17.2 Å². The van der Waals surface area contributed by atoms with Gasteiger partial charge in [0.05, 0.1) is 9.79 Å². The minimum Gasteiger partial charge on any atom is -0.409 e. The van der Waals surface area contributed by atoms with E-state index in [1.807, 2.05) is 165 Å². The number of hydrogen-bond acceptors (Lipinski definition) is 7. The van der Waals surface area contributed by atoms with E-state index in [4.69, 9.17) is 27.1 Å². The molecule has 0 fully saturated rings. The predicted molar refractivity (Wildman–Crippen MR) is 223 cm³/mol. The molecule has 0 N–H and O–H groups in total. The normalized spacial score (nSPS) is 11.9. The highest BCUT2D eigenvalue weighted by atomic mass is 32.2. The molecule has 9 heteroatoms. The van der Waals surface area contributed by atoms with Crippen molar-refractivity contribution in [1.29, 1.82) is 0 Å². The summed E-state index contributed by atoms with van der Waals surface area (Å²) >= 11 is 1.54. The molecule has 7 rings (SSSR count). The Morgan fingerprint density at radius 3 is 1.39 bits per heavy atom. The highest BCUT2D eigenvalue weighted by Gasteiger charge is 2.26. The lowest BCUT2D eigenvalue weighted by Crippen LogP contribution is -2.03. The first-order valence-electron chi connectivity index (χ1n) is 17.2. The van der Waals surface area contributed by atoms with Crippen molar-refractivity contribution in [2.45, 2.75) is 16.7 Å². The van der Waals surface area contributed by atoms with Crippen molar-refractivity contribution in [2.24, 2.45) is 0 Å². The third kappa shape index (κ3) is 9.63. The van der Waals surface area contributed by atoms with Gasteiger partial charge in [-0.1, -0.05) is 152 Å². The van der Waals surface area contributed by atoms with Gasteiger partial charge in [0.2, 0.25) is 0 Å². The summed E-state index contributed by atoms with van der Waals surface area (Å²) in [7, 11) is -3.93. The van der Waals surface area contributed by atoms with Crippen molar-refractivity contribution in [3.8, 4) is 28.7 Å². The lowest BCUT2D eigenvalue weighted by atomic mass is 10.1. The maximum atomic E-state index is 6.73. The molecule has 54 heavy (non-hydrogen) atoms. The Balaban J connectivity index is 1.29. The summed E-state index contributed by atoms with van der Waals surface area (Å²) in [6.07, 6.45) is 7.46. The number of hydrogen-bond donors (Lipinski definition) is 0. The van der Waals surface area contributed by atoms with Gasteiger partial charge in [0, 0.05) is 0 Å². The summed E-state index contributed by atoms with van der Waals surface area (Å²) in [5.41, 5.74) is 0. The summed E-state index contributed by atoms with van der Waals surface area (Å²) in [6.45, 7) is 6.04. The molecule has 1 unspecified atom stereocenters. The maximum absolute atomic E-state index is 6.73. The van der Waals surface area contributed by atoms with E-state index in [1.54, 1.807) is 17.8 Å². The van der Waals surface area contributed by atoms with E-state index in [2.05, 4.69) is 30.8 Å². The van der Waals surface area contributed by atoms with E-state index < -0.39 is 17.2 Å². The van der Waals surface area contributed by atoms with Crippen LogP contribution in [0, 0.1) is 0 Å². The van der Waals surface area contributed by atoms with Crippen LogP contribution in [0.3, 0.4) is 0 Å². The summed E-state index contributed by atoms with van der Waals surface area (Å²) in [6, 6.07) is 52.9. The Morgan fingerprint density at radius 2 is 0.907 bits per heavy atom. The van der Waals surface area contributed by atoms with Crippen molar-refractivity contribution >= 4 is 50.5 Å². The second-order valence-corrected chi connectivity index (χ2v) is 14.6. The molecule has 7 aromatic rings. The van der Waals surface area contributed by atoms with Crippen LogP contribution in [0.15, 0.2) is 210 Å². The molecule has 7 aromatic carbocycles. The zero-order chi connectivity index (χ0) is 37.0. The fourth-order valence-corrected chi connectivity index (χ4v) is 8.60. The molecule has 0 aliphatic rings. The SMILES string of the molecule is C=C(/C=C\C=C/C)OP(Oc1ccccc1)Oc1ccc2ccccc2c1Sc1c(OP(Oc2ccccc2)Oc2ccccc2)ccc2ccccc12. The molecule has 0 radical (unpaired) electrons. The van der Waals surface area contributed by atoms with Crippen LogP contribution in [0.2, 0.25) is 0 Å². The molecular weight excluding hydrogens is 731 g/mol. The van der Waals surface area contributed by atoms with E-state index in [0.29, 0.717) is 34.5 Å². The van der Waals surface area contributed by atoms with Gasteiger partial charge in [0.25, 0.3) is 0 Å². The van der Waals surface area contributed by atoms with E-state index in [0.717, 1.165) is 31.3 Å². The summed E-state index contributed by atoms with van der Waals surface area (Å²) in [5.74, 6) is 3.45. The van der Waals surface area contributed by atoms with Gasteiger partial charge in [-0.3, -0.25) is 0 Å². The van der Waals surface area contributed by atoms with Crippen molar-refractivity contribution in [3.63, 3.8) is 0 Å². The average molecular weight is 767 g/mol. The largest absolute Gasteiger partial charge is 0.530 e. The molecule has 6 nitrogen and oxygen atoms in total. The summed E-state index contributed by atoms with van der Waals surface area (Å²) in [4.78, 5) is 1.72. The fourth-order valence-electron chi connectivity index (χ4n) is 5.28. The molecule has 0 saturated heterocycles. The van der Waals surface area contributed by atoms with E-state index in [1.165, 1.54) is 0 Å². The van der Waals surface area contributed by atoms with Gasteiger partial charge in [0.1, 0.15) is 34.5 Å². The molecule has 0 bridgehead atoms. The first-order chi connectivity index (χ1) is 26.6. The molecule has 0 aliphatic carbocycles. The van der Waals surface area contributed by atoms with Crippen molar-refractivity contribution in [2.75, 3.05) is 0 Å². The van der Waals surface area contributed by atoms with Gasteiger partial charge in [-0.05, 0) is 83.1 Å². The van der Waals surface area contributed by atoms with Crippen LogP contribution in [-0.4, -0.2) is 0 Å². The third-order valence-electron chi connectivity index (χ3n) is 7.78. The summed E-state index contributed by atoms with van der Waals surface area (Å²) in [5, 5.41) is 4.08. The Kier molecular flexibility index (Phi) is 12.5. The highest BCUT2D eigenvalue weighted by molar-refractivity contribution is 8.00. The van der Waals surface area contributed by atoms with Crippen molar-refractivity contribution in [3.05, 3.63) is 200 Å².